The van der Waals surface area contributed by atoms with Crippen molar-refractivity contribution in [1.29, 1.82) is 0 Å². The molecule has 1 aromatic heterocycles. The van der Waals surface area contributed by atoms with Crippen LogP contribution in [0.15, 0.2) is 12.1 Å². The zero-order valence-electron chi connectivity index (χ0n) is 9.51. The molecule has 0 spiro atoms. The van der Waals surface area contributed by atoms with Crippen molar-refractivity contribution in [2.24, 2.45) is 5.73 Å². The fraction of sp³-hybridized carbons (Fsp3) is 0.583. The van der Waals surface area contributed by atoms with E-state index in [1.807, 2.05) is 0 Å². The van der Waals surface area contributed by atoms with Crippen LogP contribution in [0.5, 0.6) is 0 Å². The SMILES string of the molecule is CC(C)(CN)Nc1ccc2c(n1)CCC2. The molecule has 1 aliphatic carbocycles. The minimum atomic E-state index is -0.0835. The van der Waals surface area contributed by atoms with Crippen molar-refractivity contribution < 1.29 is 0 Å². The summed E-state index contributed by atoms with van der Waals surface area (Å²) in [6.07, 6.45) is 3.54. The Bertz CT molecular complexity index is 358. The van der Waals surface area contributed by atoms with Gasteiger partial charge in [0.1, 0.15) is 5.82 Å². The Morgan fingerprint density at radius 1 is 1.40 bits per heavy atom. The van der Waals surface area contributed by atoms with E-state index >= 15 is 0 Å². The van der Waals surface area contributed by atoms with E-state index in [0.717, 1.165) is 12.2 Å². The zero-order valence-corrected chi connectivity index (χ0v) is 9.51. The average Bonchev–Trinajstić information content (AvgIpc) is 2.64. The van der Waals surface area contributed by atoms with Crippen LogP contribution in [-0.2, 0) is 12.8 Å². The fourth-order valence-electron chi connectivity index (χ4n) is 1.89. The first-order valence-electron chi connectivity index (χ1n) is 5.58. The number of nitrogens with two attached hydrogens (primary N) is 1. The smallest absolute Gasteiger partial charge is 0.126 e. The lowest BCUT2D eigenvalue weighted by molar-refractivity contribution is 0.577. The van der Waals surface area contributed by atoms with E-state index in [1.165, 1.54) is 24.1 Å². The monoisotopic (exact) mass is 205 g/mol. The van der Waals surface area contributed by atoms with E-state index in [9.17, 15) is 0 Å². The first kappa shape index (κ1) is 10.4. The molecule has 1 heterocycles. The van der Waals surface area contributed by atoms with Crippen molar-refractivity contribution in [3.05, 3.63) is 23.4 Å². The van der Waals surface area contributed by atoms with Crippen LogP contribution in [0, 0.1) is 0 Å². The van der Waals surface area contributed by atoms with Crippen LogP contribution >= 0.6 is 0 Å². The molecule has 15 heavy (non-hydrogen) atoms. The van der Waals surface area contributed by atoms with Gasteiger partial charge in [-0.25, -0.2) is 4.98 Å². The second kappa shape index (κ2) is 3.81. The number of aryl methyl sites for hydroxylation is 2. The van der Waals surface area contributed by atoms with Crippen molar-refractivity contribution in [3.63, 3.8) is 0 Å². The number of rotatable bonds is 3. The maximum Gasteiger partial charge on any atom is 0.126 e. The van der Waals surface area contributed by atoms with Crippen molar-refractivity contribution in [1.82, 2.24) is 4.98 Å². The number of fused-ring (bicyclic) bond motifs is 1. The molecular weight excluding hydrogens is 186 g/mol. The standard InChI is InChI=1S/C12H19N3/c1-12(2,8-13)15-11-7-6-9-4-3-5-10(9)14-11/h6-7H,3-5,8,13H2,1-2H3,(H,14,15). The van der Waals surface area contributed by atoms with Gasteiger partial charge in [0.25, 0.3) is 0 Å². The molecule has 3 heteroatoms. The number of hydrogen-bond acceptors (Lipinski definition) is 3. The van der Waals surface area contributed by atoms with Crippen LogP contribution in [0.2, 0.25) is 0 Å². The van der Waals surface area contributed by atoms with E-state index in [0.29, 0.717) is 6.54 Å². The third-order valence-corrected chi connectivity index (χ3v) is 2.90. The molecule has 82 valence electrons. The second-order valence-corrected chi connectivity index (χ2v) is 4.87. The molecule has 0 amide bonds. The molecule has 1 aromatic rings. The van der Waals surface area contributed by atoms with Gasteiger partial charge in [0, 0.05) is 17.8 Å². The van der Waals surface area contributed by atoms with Crippen LogP contribution < -0.4 is 11.1 Å². The molecule has 0 atom stereocenters. The van der Waals surface area contributed by atoms with E-state index in [-0.39, 0.29) is 5.54 Å². The van der Waals surface area contributed by atoms with E-state index in [2.05, 4.69) is 36.3 Å². The van der Waals surface area contributed by atoms with E-state index < -0.39 is 0 Å². The van der Waals surface area contributed by atoms with Crippen molar-refractivity contribution >= 4 is 5.82 Å². The molecule has 0 radical (unpaired) electrons. The Morgan fingerprint density at radius 2 is 2.20 bits per heavy atom. The highest BCUT2D eigenvalue weighted by molar-refractivity contribution is 5.42. The van der Waals surface area contributed by atoms with Crippen LogP contribution in [0.25, 0.3) is 0 Å². The molecule has 3 nitrogen and oxygen atoms in total. The minimum Gasteiger partial charge on any atom is -0.364 e. The Labute approximate surface area is 91.1 Å². The average molecular weight is 205 g/mol. The predicted octanol–water partition coefficient (Wildman–Crippen LogP) is 1.72. The summed E-state index contributed by atoms with van der Waals surface area (Å²) in [5, 5.41) is 3.36. The Kier molecular flexibility index (Phi) is 2.65. The lowest BCUT2D eigenvalue weighted by atomic mass is 10.1. The molecule has 0 aromatic carbocycles. The highest BCUT2D eigenvalue weighted by Crippen LogP contribution is 2.22. The Hall–Kier alpha value is -1.09. The van der Waals surface area contributed by atoms with Crippen molar-refractivity contribution in [2.75, 3.05) is 11.9 Å². The van der Waals surface area contributed by atoms with Crippen LogP contribution in [-0.4, -0.2) is 17.1 Å². The summed E-state index contributed by atoms with van der Waals surface area (Å²) < 4.78 is 0. The number of nitrogens with one attached hydrogen (secondary N) is 1. The van der Waals surface area contributed by atoms with Crippen LogP contribution in [0.1, 0.15) is 31.5 Å². The quantitative estimate of drug-likeness (QED) is 0.790. The van der Waals surface area contributed by atoms with E-state index in [1.54, 1.807) is 0 Å². The van der Waals surface area contributed by atoms with Gasteiger partial charge in [0.05, 0.1) is 0 Å². The molecule has 0 fully saturated rings. The molecule has 0 saturated heterocycles. The number of anilines is 1. The number of pyridine rings is 1. The van der Waals surface area contributed by atoms with Gasteiger partial charge >= 0.3 is 0 Å². The molecule has 3 N–H and O–H groups in total. The summed E-state index contributed by atoms with van der Waals surface area (Å²) in [5.74, 6) is 0.950. The predicted molar refractivity (Wildman–Crippen MR) is 63.0 cm³/mol. The molecule has 0 saturated carbocycles. The lowest BCUT2D eigenvalue weighted by Gasteiger charge is -2.25. The molecule has 2 rings (SSSR count). The normalized spacial score (nSPS) is 15.1. The first-order valence-corrected chi connectivity index (χ1v) is 5.58. The summed E-state index contributed by atoms with van der Waals surface area (Å²) in [6, 6.07) is 4.24. The van der Waals surface area contributed by atoms with Crippen LogP contribution in [0.3, 0.4) is 0 Å². The summed E-state index contributed by atoms with van der Waals surface area (Å²) in [6.45, 7) is 4.77. The van der Waals surface area contributed by atoms with Gasteiger partial charge in [-0.1, -0.05) is 6.07 Å². The molecule has 1 aliphatic rings. The Morgan fingerprint density at radius 3 is 2.93 bits per heavy atom. The first-order chi connectivity index (χ1) is 7.11. The zero-order chi connectivity index (χ0) is 10.9. The minimum absolute atomic E-state index is 0.0835. The van der Waals surface area contributed by atoms with Gasteiger partial charge in [-0.2, -0.15) is 0 Å². The molecule has 0 aliphatic heterocycles. The highest BCUT2D eigenvalue weighted by Gasteiger charge is 2.17. The molecular formula is C12H19N3. The van der Waals surface area contributed by atoms with Gasteiger partial charge in [-0.05, 0) is 44.7 Å². The number of hydrogen-bond donors (Lipinski definition) is 2. The summed E-state index contributed by atoms with van der Waals surface area (Å²) in [7, 11) is 0. The van der Waals surface area contributed by atoms with Crippen molar-refractivity contribution in [3.8, 4) is 0 Å². The summed E-state index contributed by atoms with van der Waals surface area (Å²) in [4.78, 5) is 4.62. The van der Waals surface area contributed by atoms with Gasteiger partial charge in [0.2, 0.25) is 0 Å². The number of nitrogens with zero attached hydrogens (tertiary/aromatic N) is 1. The highest BCUT2D eigenvalue weighted by atomic mass is 15.1. The Balaban J connectivity index is 2.17. The topological polar surface area (TPSA) is 50.9 Å². The summed E-state index contributed by atoms with van der Waals surface area (Å²) in [5.41, 5.74) is 8.26. The van der Waals surface area contributed by atoms with Gasteiger partial charge in [-0.3, -0.25) is 0 Å². The second-order valence-electron chi connectivity index (χ2n) is 4.87. The number of aromatic nitrogens is 1. The third kappa shape index (κ3) is 2.29. The van der Waals surface area contributed by atoms with Gasteiger partial charge in [0.15, 0.2) is 0 Å². The van der Waals surface area contributed by atoms with Crippen molar-refractivity contribution in [2.45, 2.75) is 38.6 Å². The third-order valence-electron chi connectivity index (χ3n) is 2.90. The maximum absolute atomic E-state index is 5.68. The van der Waals surface area contributed by atoms with Crippen LogP contribution in [0.4, 0.5) is 5.82 Å². The molecule has 0 unspecified atom stereocenters. The summed E-state index contributed by atoms with van der Waals surface area (Å²) >= 11 is 0. The van der Waals surface area contributed by atoms with E-state index in [4.69, 9.17) is 5.73 Å². The van der Waals surface area contributed by atoms with Gasteiger partial charge in [-0.15, -0.1) is 0 Å². The lowest BCUT2D eigenvalue weighted by Crippen LogP contribution is -2.39. The maximum atomic E-state index is 5.68. The fourth-order valence-corrected chi connectivity index (χ4v) is 1.89. The van der Waals surface area contributed by atoms with Gasteiger partial charge < -0.3 is 11.1 Å². The largest absolute Gasteiger partial charge is 0.364 e. The molecule has 0 bridgehead atoms.